The summed E-state index contributed by atoms with van der Waals surface area (Å²) in [6.07, 6.45) is 0. The molecule has 0 aliphatic carbocycles. The Morgan fingerprint density at radius 2 is 1.63 bits per heavy atom. The highest BCUT2D eigenvalue weighted by Gasteiger charge is 2.02. The molecule has 0 aliphatic rings. The van der Waals surface area contributed by atoms with Crippen LogP contribution in [-0.4, -0.2) is 11.1 Å². The van der Waals surface area contributed by atoms with Gasteiger partial charge in [-0.1, -0.05) is 18.2 Å². The minimum Gasteiger partial charge on any atom is -0.489 e. The summed E-state index contributed by atoms with van der Waals surface area (Å²) in [5, 5.41) is 8.81. The van der Waals surface area contributed by atoms with E-state index in [2.05, 4.69) is 6.07 Å². The third kappa shape index (κ3) is 3.58. The number of hydrogen-bond acceptors (Lipinski definition) is 2. The van der Waals surface area contributed by atoms with E-state index in [1.54, 1.807) is 24.3 Å². The van der Waals surface area contributed by atoms with Crippen LogP contribution in [0.4, 0.5) is 0 Å². The number of aryl methyl sites for hydroxylation is 2. The van der Waals surface area contributed by atoms with Crippen LogP contribution in [0.3, 0.4) is 0 Å². The van der Waals surface area contributed by atoms with Crippen molar-refractivity contribution in [3.8, 4) is 5.75 Å². The minimum atomic E-state index is -0.915. The van der Waals surface area contributed by atoms with Gasteiger partial charge >= 0.3 is 5.97 Å². The molecule has 2 rings (SSSR count). The van der Waals surface area contributed by atoms with E-state index >= 15 is 0 Å². The van der Waals surface area contributed by atoms with Crippen molar-refractivity contribution < 1.29 is 14.6 Å². The molecule has 0 amide bonds. The Bertz CT molecular complexity index is 565. The second-order valence-corrected chi connectivity index (χ2v) is 4.61. The fourth-order valence-electron chi connectivity index (χ4n) is 1.93. The van der Waals surface area contributed by atoms with E-state index in [9.17, 15) is 4.79 Å². The summed E-state index contributed by atoms with van der Waals surface area (Å²) < 4.78 is 5.71. The Kier molecular flexibility index (Phi) is 3.85. The summed E-state index contributed by atoms with van der Waals surface area (Å²) in [6.45, 7) is 4.49. The first-order valence-corrected chi connectivity index (χ1v) is 6.08. The summed E-state index contributed by atoms with van der Waals surface area (Å²) >= 11 is 0. The van der Waals surface area contributed by atoms with Crippen LogP contribution in [0.25, 0.3) is 0 Å². The fraction of sp³-hybridized carbons (Fsp3) is 0.188. The number of hydrogen-bond donors (Lipinski definition) is 1. The largest absolute Gasteiger partial charge is 0.489 e. The molecule has 0 radical (unpaired) electrons. The van der Waals surface area contributed by atoms with Crippen LogP contribution in [0.15, 0.2) is 42.5 Å². The minimum absolute atomic E-state index is 0.287. The quantitative estimate of drug-likeness (QED) is 0.909. The van der Waals surface area contributed by atoms with Gasteiger partial charge in [-0.25, -0.2) is 4.79 Å². The summed E-state index contributed by atoms with van der Waals surface area (Å²) in [5.74, 6) is -0.0819. The predicted octanol–water partition coefficient (Wildman–Crippen LogP) is 3.58. The van der Waals surface area contributed by atoms with Crippen molar-refractivity contribution in [3.05, 3.63) is 64.7 Å². The number of rotatable bonds is 4. The Morgan fingerprint density at radius 3 is 2.16 bits per heavy atom. The van der Waals surface area contributed by atoms with Gasteiger partial charge in [-0.05, 0) is 54.8 Å². The molecule has 0 spiro atoms. The average Bonchev–Trinajstić information content (AvgIpc) is 2.36. The van der Waals surface area contributed by atoms with Gasteiger partial charge in [0.05, 0.1) is 5.56 Å². The fourth-order valence-corrected chi connectivity index (χ4v) is 1.93. The maximum Gasteiger partial charge on any atom is 0.335 e. The SMILES string of the molecule is Cc1cc(C)cc(OCc2ccc(C(=O)O)cc2)c1. The topological polar surface area (TPSA) is 46.5 Å². The molecule has 0 saturated carbocycles. The molecule has 2 aromatic rings. The smallest absolute Gasteiger partial charge is 0.335 e. The lowest BCUT2D eigenvalue weighted by molar-refractivity contribution is 0.0697. The summed E-state index contributed by atoms with van der Waals surface area (Å²) in [7, 11) is 0. The molecule has 0 saturated heterocycles. The van der Waals surface area contributed by atoms with Crippen LogP contribution in [0.5, 0.6) is 5.75 Å². The zero-order valence-electron chi connectivity index (χ0n) is 11.0. The molecule has 1 N–H and O–H groups in total. The number of carboxylic acid groups (broad SMARTS) is 1. The van der Waals surface area contributed by atoms with Crippen LogP contribution in [0.2, 0.25) is 0 Å². The monoisotopic (exact) mass is 256 g/mol. The van der Waals surface area contributed by atoms with Crippen molar-refractivity contribution in [2.75, 3.05) is 0 Å². The van der Waals surface area contributed by atoms with E-state index in [4.69, 9.17) is 9.84 Å². The zero-order chi connectivity index (χ0) is 13.8. The normalized spacial score (nSPS) is 10.2. The molecule has 3 nitrogen and oxygen atoms in total. The molecule has 3 heteroatoms. The molecular formula is C16H16O3. The van der Waals surface area contributed by atoms with Gasteiger partial charge in [0.15, 0.2) is 0 Å². The molecule has 0 aliphatic heterocycles. The van der Waals surface area contributed by atoms with E-state index in [0.29, 0.717) is 6.61 Å². The molecule has 0 atom stereocenters. The molecule has 0 heterocycles. The average molecular weight is 256 g/mol. The van der Waals surface area contributed by atoms with Crippen LogP contribution in [-0.2, 0) is 6.61 Å². The highest BCUT2D eigenvalue weighted by Crippen LogP contribution is 2.17. The van der Waals surface area contributed by atoms with Crippen molar-refractivity contribution in [1.82, 2.24) is 0 Å². The first-order valence-electron chi connectivity index (χ1n) is 6.08. The summed E-state index contributed by atoms with van der Waals surface area (Å²) in [4.78, 5) is 10.7. The molecular weight excluding hydrogens is 240 g/mol. The third-order valence-corrected chi connectivity index (χ3v) is 2.80. The van der Waals surface area contributed by atoms with E-state index in [1.807, 2.05) is 26.0 Å². The Labute approximate surface area is 112 Å². The predicted molar refractivity (Wildman–Crippen MR) is 73.6 cm³/mol. The van der Waals surface area contributed by atoms with Crippen molar-refractivity contribution in [1.29, 1.82) is 0 Å². The maximum atomic E-state index is 10.7. The first kappa shape index (κ1) is 13.1. The van der Waals surface area contributed by atoms with Crippen molar-refractivity contribution in [2.45, 2.75) is 20.5 Å². The van der Waals surface area contributed by atoms with Gasteiger partial charge in [-0.15, -0.1) is 0 Å². The molecule has 2 aromatic carbocycles. The first-order chi connectivity index (χ1) is 9.04. The molecule has 0 unspecified atom stereocenters. The third-order valence-electron chi connectivity index (χ3n) is 2.80. The maximum absolute atomic E-state index is 10.7. The van der Waals surface area contributed by atoms with Gasteiger partial charge < -0.3 is 9.84 Å². The molecule has 0 bridgehead atoms. The second-order valence-electron chi connectivity index (χ2n) is 4.61. The number of benzene rings is 2. The Hall–Kier alpha value is -2.29. The standard InChI is InChI=1S/C16H16O3/c1-11-7-12(2)9-15(8-11)19-10-13-3-5-14(6-4-13)16(17)18/h3-9H,10H2,1-2H3,(H,17,18). The Morgan fingerprint density at radius 1 is 1.05 bits per heavy atom. The highest BCUT2D eigenvalue weighted by molar-refractivity contribution is 5.87. The van der Waals surface area contributed by atoms with E-state index < -0.39 is 5.97 Å². The van der Waals surface area contributed by atoms with Gasteiger partial charge in [-0.3, -0.25) is 0 Å². The van der Waals surface area contributed by atoms with E-state index in [1.165, 1.54) is 0 Å². The van der Waals surface area contributed by atoms with Gasteiger partial charge in [0.2, 0.25) is 0 Å². The number of ether oxygens (including phenoxy) is 1. The van der Waals surface area contributed by atoms with Crippen LogP contribution < -0.4 is 4.74 Å². The van der Waals surface area contributed by atoms with Gasteiger partial charge in [-0.2, -0.15) is 0 Å². The number of carbonyl (C=O) groups is 1. The van der Waals surface area contributed by atoms with E-state index in [0.717, 1.165) is 22.4 Å². The van der Waals surface area contributed by atoms with Crippen molar-refractivity contribution in [2.24, 2.45) is 0 Å². The van der Waals surface area contributed by atoms with Crippen LogP contribution >= 0.6 is 0 Å². The van der Waals surface area contributed by atoms with E-state index in [-0.39, 0.29) is 5.56 Å². The van der Waals surface area contributed by atoms with Gasteiger partial charge in [0, 0.05) is 0 Å². The van der Waals surface area contributed by atoms with Gasteiger partial charge in [0.1, 0.15) is 12.4 Å². The number of carboxylic acids is 1. The Balaban J connectivity index is 2.03. The van der Waals surface area contributed by atoms with Crippen LogP contribution in [0.1, 0.15) is 27.0 Å². The number of aromatic carboxylic acids is 1. The highest BCUT2D eigenvalue weighted by atomic mass is 16.5. The van der Waals surface area contributed by atoms with Crippen molar-refractivity contribution in [3.63, 3.8) is 0 Å². The van der Waals surface area contributed by atoms with Crippen molar-refractivity contribution >= 4 is 5.97 Å². The van der Waals surface area contributed by atoms with Gasteiger partial charge in [0.25, 0.3) is 0 Å². The molecule has 19 heavy (non-hydrogen) atoms. The lowest BCUT2D eigenvalue weighted by Crippen LogP contribution is -1.99. The molecule has 0 fully saturated rings. The lowest BCUT2D eigenvalue weighted by Gasteiger charge is -2.08. The summed E-state index contributed by atoms with van der Waals surface area (Å²) in [5.41, 5.74) is 3.56. The second kappa shape index (κ2) is 5.57. The molecule has 0 aromatic heterocycles. The molecule has 98 valence electrons. The summed E-state index contributed by atoms with van der Waals surface area (Å²) in [6, 6.07) is 12.8. The zero-order valence-corrected chi connectivity index (χ0v) is 11.0. The lowest BCUT2D eigenvalue weighted by atomic mass is 10.1. The van der Waals surface area contributed by atoms with Crippen LogP contribution in [0, 0.1) is 13.8 Å².